The molecule has 0 atom stereocenters. The second-order valence-corrected chi connectivity index (χ2v) is 3.54. The lowest BCUT2D eigenvalue weighted by atomic mass is 10.2. The molecule has 16 heavy (non-hydrogen) atoms. The first kappa shape index (κ1) is 10.6. The van der Waals surface area contributed by atoms with Gasteiger partial charge in [0.2, 0.25) is 0 Å². The van der Waals surface area contributed by atoms with E-state index in [-0.39, 0.29) is 5.39 Å². The molecule has 0 fully saturated rings. The second-order valence-electron chi connectivity index (χ2n) is 3.11. The van der Waals surface area contributed by atoms with Gasteiger partial charge in [0.05, 0.1) is 5.39 Å². The van der Waals surface area contributed by atoms with Crippen molar-refractivity contribution in [3.05, 3.63) is 33.6 Å². The third-order valence-electron chi connectivity index (χ3n) is 1.97. The fraction of sp³-hybridized carbons (Fsp3) is 0.111. The van der Waals surface area contributed by atoms with Gasteiger partial charge in [-0.3, -0.25) is 9.59 Å². The van der Waals surface area contributed by atoms with Gasteiger partial charge < -0.3 is 5.11 Å². The minimum absolute atomic E-state index is 0.253. The summed E-state index contributed by atoms with van der Waals surface area (Å²) in [6.07, 6.45) is 0. The summed E-state index contributed by atoms with van der Waals surface area (Å²) in [7, 11) is 0. The average Bonchev–Trinajstić information content (AvgIpc) is 2.22. The van der Waals surface area contributed by atoms with Gasteiger partial charge in [0.25, 0.3) is 5.56 Å². The molecule has 0 aliphatic heterocycles. The molecule has 0 bridgehead atoms. The Morgan fingerprint density at radius 3 is 2.94 bits per heavy atom. The Labute approximate surface area is 94.1 Å². The maximum absolute atomic E-state index is 11.8. The van der Waals surface area contributed by atoms with Crippen LogP contribution in [0.15, 0.2) is 23.0 Å². The molecule has 0 saturated carbocycles. The summed E-state index contributed by atoms with van der Waals surface area (Å²) in [5.41, 5.74) is -0.133. The van der Waals surface area contributed by atoms with E-state index in [0.29, 0.717) is 10.5 Å². The summed E-state index contributed by atoms with van der Waals surface area (Å²) in [6.45, 7) is -0.520. The van der Waals surface area contributed by atoms with E-state index < -0.39 is 18.1 Å². The summed E-state index contributed by atoms with van der Waals surface area (Å²) < 4.78 is 0.779. The van der Waals surface area contributed by atoms with Crippen molar-refractivity contribution in [1.82, 2.24) is 15.0 Å². The molecule has 0 aliphatic carbocycles. The summed E-state index contributed by atoms with van der Waals surface area (Å²) >= 11 is 5.74. The molecule has 82 valence electrons. The number of nitrogens with zero attached hydrogens (tertiary/aromatic N) is 3. The van der Waals surface area contributed by atoms with Gasteiger partial charge in [-0.25, -0.2) is 0 Å². The van der Waals surface area contributed by atoms with Crippen molar-refractivity contribution < 1.29 is 9.90 Å². The number of aromatic nitrogens is 3. The third kappa shape index (κ3) is 1.87. The molecular weight excluding hydrogens is 234 g/mol. The predicted octanol–water partition coefficient (Wildman–Crippen LogP) is 0.529. The van der Waals surface area contributed by atoms with Crippen LogP contribution >= 0.6 is 11.6 Å². The summed E-state index contributed by atoms with van der Waals surface area (Å²) in [5.74, 6) is -1.15. The number of hydrogen-bond donors (Lipinski definition) is 1. The van der Waals surface area contributed by atoms with Crippen molar-refractivity contribution in [1.29, 1.82) is 0 Å². The molecule has 7 heteroatoms. The van der Waals surface area contributed by atoms with Crippen molar-refractivity contribution in [2.75, 3.05) is 0 Å². The minimum Gasteiger partial charge on any atom is -0.480 e. The first-order valence-corrected chi connectivity index (χ1v) is 4.70. The van der Waals surface area contributed by atoms with Gasteiger partial charge in [0.1, 0.15) is 12.1 Å². The normalized spacial score (nSPS) is 10.6. The maximum atomic E-state index is 11.8. The smallest absolute Gasteiger partial charge is 0.325 e. The van der Waals surface area contributed by atoms with E-state index >= 15 is 0 Å². The summed E-state index contributed by atoms with van der Waals surface area (Å²) in [5, 5.41) is 16.4. The number of benzene rings is 1. The topological polar surface area (TPSA) is 85.1 Å². The van der Waals surface area contributed by atoms with Crippen molar-refractivity contribution in [2.24, 2.45) is 0 Å². The highest BCUT2D eigenvalue weighted by molar-refractivity contribution is 6.31. The second kappa shape index (κ2) is 3.90. The Bertz CT molecular complexity index is 623. The number of rotatable bonds is 2. The minimum atomic E-state index is -1.15. The Morgan fingerprint density at radius 1 is 1.50 bits per heavy atom. The summed E-state index contributed by atoms with van der Waals surface area (Å²) in [6, 6.07) is 4.57. The molecule has 0 aliphatic rings. The van der Waals surface area contributed by atoms with Gasteiger partial charge in [-0.05, 0) is 18.2 Å². The van der Waals surface area contributed by atoms with Crippen LogP contribution in [0.2, 0.25) is 5.02 Å². The molecular formula is C9H6ClN3O3. The SMILES string of the molecule is O=C(O)Cn1nnc2ccc(Cl)cc2c1=O. The Morgan fingerprint density at radius 2 is 2.25 bits per heavy atom. The Balaban J connectivity index is 2.68. The van der Waals surface area contributed by atoms with Crippen LogP contribution in [0.4, 0.5) is 0 Å². The zero-order valence-corrected chi connectivity index (χ0v) is 8.68. The number of halogens is 1. The monoisotopic (exact) mass is 239 g/mol. The number of carbonyl (C=O) groups is 1. The van der Waals surface area contributed by atoms with E-state index in [4.69, 9.17) is 16.7 Å². The highest BCUT2D eigenvalue weighted by Gasteiger charge is 2.08. The van der Waals surface area contributed by atoms with E-state index in [1.807, 2.05) is 0 Å². The zero-order chi connectivity index (χ0) is 11.7. The molecule has 1 heterocycles. The van der Waals surface area contributed by atoms with Gasteiger partial charge >= 0.3 is 5.97 Å². The first-order valence-electron chi connectivity index (χ1n) is 4.33. The molecule has 0 amide bonds. The average molecular weight is 240 g/mol. The molecule has 0 radical (unpaired) electrons. The largest absolute Gasteiger partial charge is 0.480 e. The van der Waals surface area contributed by atoms with Crippen LogP contribution in [0.5, 0.6) is 0 Å². The molecule has 2 rings (SSSR count). The van der Waals surface area contributed by atoms with Crippen LogP contribution in [-0.4, -0.2) is 26.1 Å². The molecule has 2 aromatic rings. The standard InChI is InChI=1S/C9H6ClN3O3/c10-5-1-2-7-6(3-5)9(16)13(12-11-7)4-8(14)15/h1-3H,4H2,(H,14,15). The van der Waals surface area contributed by atoms with Crippen LogP contribution < -0.4 is 5.56 Å². The zero-order valence-electron chi connectivity index (χ0n) is 7.92. The van der Waals surface area contributed by atoms with Crippen molar-refractivity contribution in [3.8, 4) is 0 Å². The number of fused-ring (bicyclic) bond motifs is 1. The van der Waals surface area contributed by atoms with Gasteiger partial charge in [-0.1, -0.05) is 16.8 Å². The number of carboxylic acid groups (broad SMARTS) is 1. The third-order valence-corrected chi connectivity index (χ3v) is 2.20. The lowest BCUT2D eigenvalue weighted by molar-refractivity contribution is -0.138. The van der Waals surface area contributed by atoms with E-state index in [1.165, 1.54) is 6.07 Å². The Kier molecular flexibility index (Phi) is 2.57. The van der Waals surface area contributed by atoms with Crippen LogP contribution in [0, 0.1) is 0 Å². The van der Waals surface area contributed by atoms with Crippen LogP contribution in [0.25, 0.3) is 10.9 Å². The maximum Gasteiger partial charge on any atom is 0.325 e. The van der Waals surface area contributed by atoms with E-state index in [1.54, 1.807) is 12.1 Å². The molecule has 1 N–H and O–H groups in total. The fourth-order valence-electron chi connectivity index (χ4n) is 1.28. The predicted molar refractivity (Wildman–Crippen MR) is 56.4 cm³/mol. The van der Waals surface area contributed by atoms with Gasteiger partial charge in [-0.2, -0.15) is 4.68 Å². The number of aliphatic carboxylic acids is 1. The highest BCUT2D eigenvalue weighted by Crippen LogP contribution is 2.13. The van der Waals surface area contributed by atoms with Crippen LogP contribution in [0.3, 0.4) is 0 Å². The van der Waals surface area contributed by atoms with Crippen molar-refractivity contribution >= 4 is 28.5 Å². The quantitative estimate of drug-likeness (QED) is 0.826. The lowest BCUT2D eigenvalue weighted by Crippen LogP contribution is -2.27. The van der Waals surface area contributed by atoms with E-state index in [9.17, 15) is 9.59 Å². The van der Waals surface area contributed by atoms with Crippen LogP contribution in [-0.2, 0) is 11.3 Å². The molecule has 0 saturated heterocycles. The van der Waals surface area contributed by atoms with Crippen molar-refractivity contribution in [3.63, 3.8) is 0 Å². The van der Waals surface area contributed by atoms with Crippen LogP contribution in [0.1, 0.15) is 0 Å². The van der Waals surface area contributed by atoms with E-state index in [2.05, 4.69) is 10.3 Å². The molecule has 1 aromatic heterocycles. The van der Waals surface area contributed by atoms with E-state index in [0.717, 1.165) is 4.68 Å². The van der Waals surface area contributed by atoms with Crippen molar-refractivity contribution in [2.45, 2.75) is 6.54 Å². The molecule has 0 spiro atoms. The van der Waals surface area contributed by atoms with Gasteiger partial charge in [-0.15, -0.1) is 5.10 Å². The molecule has 1 aromatic carbocycles. The number of carboxylic acids is 1. The molecule has 6 nitrogen and oxygen atoms in total. The fourth-order valence-corrected chi connectivity index (χ4v) is 1.45. The Hall–Kier alpha value is -1.95. The van der Waals surface area contributed by atoms with Gasteiger partial charge in [0, 0.05) is 5.02 Å². The molecule has 0 unspecified atom stereocenters. The number of hydrogen-bond acceptors (Lipinski definition) is 4. The summed E-state index contributed by atoms with van der Waals surface area (Å²) in [4.78, 5) is 22.2. The first-order chi connectivity index (χ1) is 7.58. The highest BCUT2D eigenvalue weighted by atomic mass is 35.5. The van der Waals surface area contributed by atoms with Gasteiger partial charge in [0.15, 0.2) is 0 Å². The lowest BCUT2D eigenvalue weighted by Gasteiger charge is -2.01.